The molecule has 0 heterocycles. The summed E-state index contributed by atoms with van der Waals surface area (Å²) in [6.45, 7) is 8.51. The zero-order chi connectivity index (χ0) is 29.5. The highest BCUT2D eigenvalue weighted by atomic mass is 16.4. The van der Waals surface area contributed by atoms with Crippen LogP contribution in [0.1, 0.15) is 59.3 Å². The summed E-state index contributed by atoms with van der Waals surface area (Å²) in [5.41, 5.74) is -2.39. The average molecular weight is 535 g/mol. The Morgan fingerprint density at radius 2 is 1.00 bits per heavy atom. The van der Waals surface area contributed by atoms with Crippen LogP contribution in [0.5, 0.6) is 0 Å². The van der Waals surface area contributed by atoms with Crippen molar-refractivity contribution in [3.8, 4) is 0 Å². The van der Waals surface area contributed by atoms with Gasteiger partial charge in [-0.15, -0.1) is 0 Å². The van der Waals surface area contributed by atoms with Gasteiger partial charge in [0, 0.05) is 5.57 Å². The Labute approximate surface area is 222 Å². The highest BCUT2D eigenvalue weighted by Gasteiger charge is 2.47. The Morgan fingerprint density at radius 3 is 1.21 bits per heavy atom. The number of allylic oxidation sites excluding steroid dienone is 4. The van der Waals surface area contributed by atoms with Crippen molar-refractivity contribution in [2.45, 2.75) is 59.3 Å². The third-order valence-electron chi connectivity index (χ3n) is 6.31. The third kappa shape index (κ3) is 9.17. The molecule has 10 nitrogen and oxygen atoms in total. The van der Waals surface area contributed by atoms with Crippen molar-refractivity contribution in [1.82, 2.24) is 0 Å². The van der Waals surface area contributed by atoms with Gasteiger partial charge >= 0.3 is 29.8 Å². The predicted octanol–water partition coefficient (Wildman–Crippen LogP) is 4.80. The maximum Gasteiger partial charge on any atom is 0.330 e. The van der Waals surface area contributed by atoms with E-state index in [0.29, 0.717) is 25.7 Å². The van der Waals surface area contributed by atoms with E-state index in [-0.39, 0.29) is 5.57 Å². The van der Waals surface area contributed by atoms with Crippen molar-refractivity contribution in [1.29, 1.82) is 0 Å². The molecule has 0 aromatic heterocycles. The molecule has 4 unspecified atom stereocenters. The first-order valence-electron chi connectivity index (χ1n) is 12.3. The van der Waals surface area contributed by atoms with E-state index in [4.69, 9.17) is 15.3 Å². The first-order valence-corrected chi connectivity index (χ1v) is 12.3. The van der Waals surface area contributed by atoms with E-state index in [1.165, 1.54) is 31.2 Å². The lowest BCUT2D eigenvalue weighted by molar-refractivity contribution is -0.157. The normalized spacial score (nSPS) is 24.7. The minimum atomic E-state index is -1.28. The summed E-state index contributed by atoms with van der Waals surface area (Å²) >= 11 is 0. The van der Waals surface area contributed by atoms with E-state index in [2.05, 4.69) is 6.58 Å². The standard InChI is InChI=1S/2C12H16O4.C4H6O2/c2*1-2-3-7-12(11(15)16)8-5-4-6-9(12)10(13)14;1-3(2)4(5)6/h2*4-6,8-9H,2-3,7H2,1H3,(H,13,14)(H,15,16);1H2,2H3,(H,5,6). The van der Waals surface area contributed by atoms with Gasteiger partial charge < -0.3 is 25.5 Å². The van der Waals surface area contributed by atoms with Gasteiger partial charge in [0.25, 0.3) is 0 Å². The summed E-state index contributed by atoms with van der Waals surface area (Å²) in [5, 5.41) is 44.6. The fraction of sp³-hybridized carbons (Fsp3) is 0.464. The molecule has 0 aromatic carbocycles. The quantitative estimate of drug-likeness (QED) is 0.230. The number of carboxylic acids is 5. The molecule has 4 atom stereocenters. The SMILES string of the molecule is C=C(C)C(=O)O.CCCCC1(C(=O)O)C=CC=CC1C(=O)O.CCCCC1(C(=O)O)C=CC=CC1C(=O)O. The van der Waals surface area contributed by atoms with Gasteiger partial charge in [0.1, 0.15) is 10.8 Å². The molecular weight excluding hydrogens is 496 g/mol. The average Bonchev–Trinajstić information content (AvgIpc) is 2.86. The third-order valence-corrected chi connectivity index (χ3v) is 6.31. The van der Waals surface area contributed by atoms with Crippen LogP contribution in [0, 0.1) is 22.7 Å². The lowest BCUT2D eigenvalue weighted by atomic mass is 9.69. The summed E-state index contributed by atoms with van der Waals surface area (Å²) < 4.78 is 0. The predicted molar refractivity (Wildman–Crippen MR) is 140 cm³/mol. The number of aliphatic carboxylic acids is 5. The zero-order valence-corrected chi connectivity index (χ0v) is 22.0. The van der Waals surface area contributed by atoms with Crippen molar-refractivity contribution >= 4 is 29.8 Å². The lowest BCUT2D eigenvalue weighted by Gasteiger charge is -2.32. The summed E-state index contributed by atoms with van der Waals surface area (Å²) in [6, 6.07) is 0. The van der Waals surface area contributed by atoms with Gasteiger partial charge in [-0.3, -0.25) is 19.2 Å². The molecule has 5 N–H and O–H groups in total. The van der Waals surface area contributed by atoms with Crippen molar-refractivity contribution in [3.63, 3.8) is 0 Å². The van der Waals surface area contributed by atoms with Crippen molar-refractivity contribution < 1.29 is 49.5 Å². The molecule has 2 rings (SSSR count). The lowest BCUT2D eigenvalue weighted by Crippen LogP contribution is -2.41. The number of unbranched alkanes of at least 4 members (excludes halogenated alkanes) is 2. The second kappa shape index (κ2) is 16.0. The minimum absolute atomic E-state index is 0.176. The van der Waals surface area contributed by atoms with Crippen LogP contribution < -0.4 is 0 Å². The first kappa shape index (κ1) is 34.0. The van der Waals surface area contributed by atoms with E-state index in [9.17, 15) is 34.2 Å². The van der Waals surface area contributed by atoms with Crippen molar-refractivity contribution in [2.75, 3.05) is 0 Å². The largest absolute Gasteiger partial charge is 0.481 e. The fourth-order valence-electron chi connectivity index (χ4n) is 4.00. The Kier molecular flexibility index (Phi) is 14.3. The van der Waals surface area contributed by atoms with Gasteiger partial charge in [0.15, 0.2) is 0 Å². The fourth-order valence-corrected chi connectivity index (χ4v) is 4.00. The molecule has 0 radical (unpaired) electrons. The van der Waals surface area contributed by atoms with Crippen LogP contribution in [0.15, 0.2) is 60.8 Å². The Balaban J connectivity index is 0.000000596. The van der Waals surface area contributed by atoms with Crippen LogP contribution in [0.25, 0.3) is 0 Å². The Morgan fingerprint density at radius 1 is 0.684 bits per heavy atom. The van der Waals surface area contributed by atoms with Gasteiger partial charge in [-0.2, -0.15) is 0 Å². The maximum atomic E-state index is 11.3. The van der Waals surface area contributed by atoms with Crippen molar-refractivity contribution in [2.24, 2.45) is 22.7 Å². The highest BCUT2D eigenvalue weighted by Crippen LogP contribution is 2.40. The number of hydrogen-bond acceptors (Lipinski definition) is 5. The van der Waals surface area contributed by atoms with E-state index < -0.39 is 52.5 Å². The molecule has 0 bridgehead atoms. The highest BCUT2D eigenvalue weighted by molar-refractivity contribution is 5.88. The summed E-state index contributed by atoms with van der Waals surface area (Å²) in [4.78, 5) is 54.5. The van der Waals surface area contributed by atoms with Gasteiger partial charge in [-0.1, -0.05) is 94.7 Å². The molecule has 0 fully saturated rings. The van der Waals surface area contributed by atoms with E-state index in [0.717, 1.165) is 12.8 Å². The van der Waals surface area contributed by atoms with Crippen LogP contribution in [0.2, 0.25) is 0 Å². The molecule has 2 aliphatic rings. The van der Waals surface area contributed by atoms with Gasteiger partial charge in [-0.05, 0) is 19.8 Å². The van der Waals surface area contributed by atoms with Gasteiger partial charge in [0.2, 0.25) is 0 Å². The van der Waals surface area contributed by atoms with Crippen molar-refractivity contribution in [3.05, 3.63) is 60.8 Å². The molecule has 38 heavy (non-hydrogen) atoms. The molecule has 0 amide bonds. The number of rotatable bonds is 11. The topological polar surface area (TPSA) is 186 Å². The number of carbonyl (C=O) groups is 5. The van der Waals surface area contributed by atoms with Crippen LogP contribution in [0.3, 0.4) is 0 Å². The summed E-state index contributed by atoms with van der Waals surface area (Å²) in [5.74, 6) is -7.17. The summed E-state index contributed by atoms with van der Waals surface area (Å²) in [6.07, 6.45) is 16.1. The Bertz CT molecular complexity index is 923. The molecule has 0 aliphatic heterocycles. The first-order chi connectivity index (χ1) is 17.7. The van der Waals surface area contributed by atoms with E-state index in [1.807, 2.05) is 13.8 Å². The second-order valence-electron chi connectivity index (χ2n) is 9.10. The summed E-state index contributed by atoms with van der Waals surface area (Å²) in [7, 11) is 0. The number of hydrogen-bond donors (Lipinski definition) is 5. The molecule has 10 heteroatoms. The molecule has 210 valence electrons. The van der Waals surface area contributed by atoms with Gasteiger partial charge in [0.05, 0.1) is 11.8 Å². The monoisotopic (exact) mass is 534 g/mol. The van der Waals surface area contributed by atoms with Crippen LogP contribution in [-0.2, 0) is 24.0 Å². The molecule has 0 aromatic rings. The Hall–Kier alpha value is -3.95. The maximum absolute atomic E-state index is 11.3. The molecule has 0 saturated heterocycles. The zero-order valence-electron chi connectivity index (χ0n) is 22.0. The van der Waals surface area contributed by atoms with E-state index >= 15 is 0 Å². The molecule has 2 aliphatic carbocycles. The molecule has 0 spiro atoms. The smallest absolute Gasteiger partial charge is 0.330 e. The van der Waals surface area contributed by atoms with Crippen LogP contribution in [-0.4, -0.2) is 55.4 Å². The minimum Gasteiger partial charge on any atom is -0.481 e. The van der Waals surface area contributed by atoms with Crippen LogP contribution in [0.4, 0.5) is 0 Å². The molecular formula is C28H38O10. The van der Waals surface area contributed by atoms with Gasteiger partial charge in [-0.25, -0.2) is 4.79 Å². The molecule has 0 saturated carbocycles. The number of carboxylic acid groups (broad SMARTS) is 5. The van der Waals surface area contributed by atoms with Crippen LogP contribution >= 0.6 is 0 Å². The second-order valence-corrected chi connectivity index (χ2v) is 9.10. The van der Waals surface area contributed by atoms with E-state index in [1.54, 1.807) is 24.3 Å².